The molecule has 10 heteroatoms. The van der Waals surface area contributed by atoms with Gasteiger partial charge in [0.15, 0.2) is 11.6 Å². The summed E-state index contributed by atoms with van der Waals surface area (Å²) in [4.78, 5) is 36.5. The molecule has 3 aromatic rings. The van der Waals surface area contributed by atoms with Crippen LogP contribution in [0, 0.1) is 18.6 Å². The van der Waals surface area contributed by atoms with Gasteiger partial charge in [-0.15, -0.1) is 0 Å². The Balaban J connectivity index is 2.14. The summed E-state index contributed by atoms with van der Waals surface area (Å²) in [7, 11) is 0. The Morgan fingerprint density at radius 3 is 2.47 bits per heavy atom. The number of aromatic hydroxyl groups is 1. The van der Waals surface area contributed by atoms with Gasteiger partial charge in [-0.2, -0.15) is 0 Å². The average molecular weight is 465 g/mol. The third kappa shape index (κ3) is 4.29. The maximum absolute atomic E-state index is 14.2. The highest BCUT2D eigenvalue weighted by atomic mass is 35.5. The average Bonchev–Trinajstić information content (AvgIpc) is 2.99. The first-order chi connectivity index (χ1) is 15.0. The van der Waals surface area contributed by atoms with Crippen LogP contribution in [0.1, 0.15) is 40.9 Å². The molecule has 0 fully saturated rings. The molecular weight excluding hydrogens is 446 g/mol. The number of hydrogen-bond donors (Lipinski definition) is 3. The van der Waals surface area contributed by atoms with Crippen LogP contribution in [0.2, 0.25) is 5.02 Å². The number of phenols is 1. The smallest absolute Gasteiger partial charge is 0.305 e. The van der Waals surface area contributed by atoms with E-state index in [0.29, 0.717) is 5.56 Å². The fourth-order valence-corrected chi connectivity index (χ4v) is 3.71. The fourth-order valence-electron chi connectivity index (χ4n) is 3.59. The van der Waals surface area contributed by atoms with Gasteiger partial charge in [0.25, 0.3) is 5.91 Å². The number of amides is 1. The molecule has 2 aromatic carbocycles. The summed E-state index contributed by atoms with van der Waals surface area (Å²) in [5.74, 6) is -5.59. The molecule has 0 aliphatic carbocycles. The van der Waals surface area contributed by atoms with Crippen LogP contribution in [0.4, 0.5) is 8.78 Å². The quantitative estimate of drug-likeness (QED) is 0.511. The Kier molecular flexibility index (Phi) is 6.50. The molecule has 3 N–H and O–H groups in total. The molecule has 1 amide bonds. The number of carboxylic acid groups (broad SMARTS) is 1. The first-order valence-electron chi connectivity index (χ1n) is 9.55. The Morgan fingerprint density at radius 1 is 1.16 bits per heavy atom. The van der Waals surface area contributed by atoms with E-state index in [0.717, 1.165) is 22.8 Å². The van der Waals surface area contributed by atoms with Crippen molar-refractivity contribution in [2.45, 2.75) is 26.2 Å². The highest BCUT2D eigenvalue weighted by molar-refractivity contribution is 6.30. The number of halogens is 3. The number of aliphatic carboxylic acids is 1. The zero-order valence-electron chi connectivity index (χ0n) is 17.1. The fraction of sp³-hybridized carbons (Fsp3) is 0.227. The van der Waals surface area contributed by atoms with Crippen molar-refractivity contribution in [3.05, 3.63) is 63.8 Å². The van der Waals surface area contributed by atoms with Gasteiger partial charge < -0.3 is 15.5 Å². The topological polar surface area (TPSA) is 109 Å². The molecule has 0 bridgehead atoms. The van der Waals surface area contributed by atoms with Crippen LogP contribution in [0.5, 0.6) is 5.75 Å². The van der Waals surface area contributed by atoms with Crippen LogP contribution in [0.3, 0.4) is 0 Å². The van der Waals surface area contributed by atoms with E-state index in [-0.39, 0.29) is 40.1 Å². The van der Waals surface area contributed by atoms with E-state index >= 15 is 0 Å². The van der Waals surface area contributed by atoms with Crippen LogP contribution in [-0.4, -0.2) is 39.1 Å². The zero-order chi connectivity index (χ0) is 23.7. The molecule has 0 aliphatic heterocycles. The van der Waals surface area contributed by atoms with E-state index in [1.165, 1.54) is 26.0 Å². The van der Waals surface area contributed by atoms with Gasteiger partial charge in [-0.25, -0.2) is 8.78 Å². The highest BCUT2D eigenvalue weighted by Crippen LogP contribution is 2.36. The molecule has 0 spiro atoms. The van der Waals surface area contributed by atoms with Crippen LogP contribution >= 0.6 is 11.6 Å². The molecule has 32 heavy (non-hydrogen) atoms. The highest BCUT2D eigenvalue weighted by Gasteiger charge is 2.28. The van der Waals surface area contributed by atoms with Crippen molar-refractivity contribution in [3.8, 4) is 5.75 Å². The number of hydrogen-bond acceptors (Lipinski definition) is 4. The normalized spacial score (nSPS) is 12.0. The molecular formula is C22H19ClF2N2O5. The lowest BCUT2D eigenvalue weighted by molar-refractivity contribution is -0.136. The molecule has 1 unspecified atom stereocenters. The molecule has 1 aromatic heterocycles. The lowest BCUT2D eigenvalue weighted by Crippen LogP contribution is -2.30. The maximum atomic E-state index is 14.2. The minimum atomic E-state index is -1.08. The number of benzene rings is 2. The van der Waals surface area contributed by atoms with E-state index in [9.17, 15) is 28.3 Å². The van der Waals surface area contributed by atoms with Gasteiger partial charge in [0, 0.05) is 29.3 Å². The van der Waals surface area contributed by atoms with Gasteiger partial charge in [-0.3, -0.25) is 19.0 Å². The second kappa shape index (κ2) is 8.96. The molecule has 7 nitrogen and oxygen atoms in total. The first kappa shape index (κ1) is 23.2. The number of fused-ring (bicyclic) bond motifs is 1. The summed E-state index contributed by atoms with van der Waals surface area (Å²) in [6.07, 6.45) is -0.272. The van der Waals surface area contributed by atoms with Crippen LogP contribution in [-0.2, 0) is 9.59 Å². The van der Waals surface area contributed by atoms with Crippen molar-refractivity contribution in [1.29, 1.82) is 0 Å². The Labute approximate surface area is 186 Å². The van der Waals surface area contributed by atoms with Crippen molar-refractivity contribution in [2.75, 3.05) is 6.54 Å². The van der Waals surface area contributed by atoms with E-state index < -0.39 is 41.1 Å². The molecule has 168 valence electrons. The number of aromatic nitrogens is 1. The molecule has 0 radical (unpaired) electrons. The summed E-state index contributed by atoms with van der Waals surface area (Å²) < 4.78 is 29.2. The monoisotopic (exact) mass is 464 g/mol. The van der Waals surface area contributed by atoms with Crippen LogP contribution in [0.15, 0.2) is 30.3 Å². The van der Waals surface area contributed by atoms with E-state index in [1.54, 1.807) is 0 Å². The SMILES string of the molecule is Cc1c(C(C)C(=O)NCCC(=O)O)c2cc(O)c(F)cc2n1C(=O)c1ccc(Cl)c(F)c1. The third-order valence-electron chi connectivity index (χ3n) is 5.16. The minimum absolute atomic E-state index is 0.0505. The molecule has 3 rings (SSSR count). The van der Waals surface area contributed by atoms with Crippen molar-refractivity contribution >= 4 is 40.3 Å². The molecule has 0 saturated heterocycles. The summed E-state index contributed by atoms with van der Waals surface area (Å²) in [6.45, 7) is 2.98. The summed E-state index contributed by atoms with van der Waals surface area (Å²) in [5.41, 5.74) is 0.654. The zero-order valence-corrected chi connectivity index (χ0v) is 17.8. The number of carboxylic acids is 1. The predicted molar refractivity (Wildman–Crippen MR) is 113 cm³/mol. The van der Waals surface area contributed by atoms with Gasteiger partial charge in [0.1, 0.15) is 5.82 Å². The number of rotatable bonds is 6. The van der Waals surface area contributed by atoms with Gasteiger partial charge >= 0.3 is 5.97 Å². The first-order valence-corrected chi connectivity index (χ1v) is 9.93. The van der Waals surface area contributed by atoms with Crippen LogP contribution in [0.25, 0.3) is 10.9 Å². The predicted octanol–water partition coefficient (Wildman–Crippen LogP) is 3.97. The largest absolute Gasteiger partial charge is 0.505 e. The van der Waals surface area contributed by atoms with Crippen molar-refractivity contribution in [1.82, 2.24) is 9.88 Å². The Morgan fingerprint density at radius 2 is 1.84 bits per heavy atom. The van der Waals surface area contributed by atoms with Crippen molar-refractivity contribution in [2.24, 2.45) is 0 Å². The van der Waals surface area contributed by atoms with Crippen LogP contribution < -0.4 is 5.32 Å². The molecule has 1 heterocycles. The second-order valence-corrected chi connectivity index (χ2v) is 7.65. The lowest BCUT2D eigenvalue weighted by Gasteiger charge is -2.13. The summed E-state index contributed by atoms with van der Waals surface area (Å²) >= 11 is 5.69. The van der Waals surface area contributed by atoms with Gasteiger partial charge in [0.05, 0.1) is 22.9 Å². The molecule has 1 atom stereocenters. The molecule has 0 aliphatic rings. The minimum Gasteiger partial charge on any atom is -0.505 e. The number of carbonyl (C=O) groups is 3. The van der Waals surface area contributed by atoms with Crippen molar-refractivity contribution < 1.29 is 33.4 Å². The van der Waals surface area contributed by atoms with Gasteiger partial charge in [-0.05, 0) is 43.7 Å². The molecule has 0 saturated carbocycles. The van der Waals surface area contributed by atoms with E-state index in [4.69, 9.17) is 16.7 Å². The summed E-state index contributed by atoms with van der Waals surface area (Å²) in [5, 5.41) is 21.2. The number of nitrogens with one attached hydrogen (secondary N) is 1. The van der Waals surface area contributed by atoms with Crippen molar-refractivity contribution in [3.63, 3.8) is 0 Å². The second-order valence-electron chi connectivity index (χ2n) is 7.25. The Bertz CT molecular complexity index is 1260. The van der Waals surface area contributed by atoms with E-state index in [1.807, 2.05) is 0 Å². The maximum Gasteiger partial charge on any atom is 0.305 e. The number of phenolic OH excluding ortho intramolecular Hbond substituents is 1. The number of carbonyl (C=O) groups excluding carboxylic acids is 2. The van der Waals surface area contributed by atoms with Gasteiger partial charge in [-0.1, -0.05) is 11.6 Å². The Hall–Kier alpha value is -3.46. The lowest BCUT2D eigenvalue weighted by atomic mass is 9.96. The number of nitrogens with zero attached hydrogens (tertiary/aromatic N) is 1. The van der Waals surface area contributed by atoms with E-state index in [2.05, 4.69) is 5.32 Å². The summed E-state index contributed by atoms with van der Waals surface area (Å²) in [6, 6.07) is 5.56. The standard InChI is InChI=1S/C22H19ClF2N2O5/c1-10(21(31)26-6-5-19(29)30)20-11(2)27(17-9-16(25)18(28)8-13(17)20)22(32)12-3-4-14(23)15(24)7-12/h3-4,7-10,28H,5-6H2,1-2H3,(H,26,31)(H,29,30). The van der Waals surface area contributed by atoms with Gasteiger partial charge in [0.2, 0.25) is 5.91 Å². The third-order valence-corrected chi connectivity index (χ3v) is 5.46.